The summed E-state index contributed by atoms with van der Waals surface area (Å²) in [5.74, 6) is 0. The molecule has 0 aliphatic heterocycles. The maximum absolute atomic E-state index is 5.54. The predicted octanol–water partition coefficient (Wildman–Crippen LogP) is 6.34. The maximum atomic E-state index is 5.54. The van der Waals surface area contributed by atoms with E-state index in [9.17, 15) is 0 Å². The van der Waals surface area contributed by atoms with Gasteiger partial charge in [-0.05, 0) is 63.4 Å². The Balaban J connectivity index is 2.38. The molecule has 0 radical (unpaired) electrons. The topological polar surface area (TPSA) is 46.2 Å². The molecule has 0 aliphatic rings. The molecular weight excluding hydrogens is 464 g/mol. The first-order chi connectivity index (χ1) is 17.9. The van der Waals surface area contributed by atoms with E-state index in [0.29, 0.717) is 33.0 Å². The molecule has 0 atom stereocenters. The predicted molar refractivity (Wildman–Crippen MR) is 148 cm³/mol. The Morgan fingerprint density at radius 2 is 0.676 bits per heavy atom. The van der Waals surface area contributed by atoms with Crippen LogP contribution in [0.15, 0.2) is 54.6 Å². The second-order valence-corrected chi connectivity index (χ2v) is 9.76. The number of hydrogen-bond acceptors (Lipinski definition) is 5. The Bertz CT molecular complexity index is 1050. The van der Waals surface area contributed by atoms with Gasteiger partial charge in [0.25, 0.3) is 0 Å². The zero-order chi connectivity index (χ0) is 26.8. The van der Waals surface area contributed by atoms with Crippen molar-refractivity contribution < 1.29 is 23.7 Å². The molecule has 0 unspecified atom stereocenters. The fraction of sp³-hybridized carbons (Fsp3) is 0.438. The summed E-state index contributed by atoms with van der Waals surface area (Å²) in [4.78, 5) is 0. The number of aryl methyl sites for hydroxylation is 1. The highest BCUT2D eigenvalue weighted by atomic mass is 16.5. The average Bonchev–Trinajstić information content (AvgIpc) is 2.88. The number of benzene rings is 3. The second-order valence-electron chi connectivity index (χ2n) is 9.76. The van der Waals surface area contributed by atoms with E-state index in [0.717, 1.165) is 28.7 Å². The van der Waals surface area contributed by atoms with Crippen LogP contribution in [-0.2, 0) is 68.6 Å². The Morgan fingerprint density at radius 1 is 0.432 bits per heavy atom. The van der Waals surface area contributed by atoms with Crippen molar-refractivity contribution >= 4 is 0 Å². The Labute approximate surface area is 222 Å². The van der Waals surface area contributed by atoms with E-state index in [-0.39, 0.29) is 0 Å². The van der Waals surface area contributed by atoms with Crippen LogP contribution in [0, 0.1) is 0 Å². The molecule has 3 rings (SSSR count). The Kier molecular flexibility index (Phi) is 10.9. The summed E-state index contributed by atoms with van der Waals surface area (Å²) in [6.07, 6.45) is 0.942. The van der Waals surface area contributed by atoms with Gasteiger partial charge in [0, 0.05) is 41.0 Å². The second kappa shape index (κ2) is 13.8. The van der Waals surface area contributed by atoms with Crippen LogP contribution >= 0.6 is 0 Å². The third-order valence-electron chi connectivity index (χ3n) is 6.85. The first-order valence-electron chi connectivity index (χ1n) is 12.8. The largest absolute Gasteiger partial charge is 0.380 e. The average molecular weight is 507 g/mol. The Morgan fingerprint density at radius 3 is 0.919 bits per heavy atom. The van der Waals surface area contributed by atoms with Gasteiger partial charge >= 0.3 is 0 Å². The van der Waals surface area contributed by atoms with E-state index >= 15 is 0 Å². The quantitative estimate of drug-likeness (QED) is 0.239. The van der Waals surface area contributed by atoms with E-state index in [4.69, 9.17) is 23.7 Å². The molecule has 0 saturated heterocycles. The van der Waals surface area contributed by atoms with Gasteiger partial charge in [0.15, 0.2) is 0 Å². The molecule has 0 heterocycles. The molecule has 0 bridgehead atoms. The smallest absolute Gasteiger partial charge is 0.0713 e. The van der Waals surface area contributed by atoms with E-state index < -0.39 is 5.41 Å². The maximum Gasteiger partial charge on any atom is 0.0713 e. The van der Waals surface area contributed by atoms with Gasteiger partial charge < -0.3 is 23.7 Å². The highest BCUT2D eigenvalue weighted by Crippen LogP contribution is 2.41. The van der Waals surface area contributed by atoms with Gasteiger partial charge in [-0.25, -0.2) is 0 Å². The molecule has 0 fully saturated rings. The van der Waals surface area contributed by atoms with Crippen molar-refractivity contribution in [3.63, 3.8) is 0 Å². The molecule has 200 valence electrons. The molecule has 5 nitrogen and oxygen atoms in total. The minimum absolute atomic E-state index is 0.466. The lowest BCUT2D eigenvalue weighted by molar-refractivity contribution is 0.179. The third kappa shape index (κ3) is 7.07. The van der Waals surface area contributed by atoms with Crippen molar-refractivity contribution in [1.29, 1.82) is 0 Å². The highest BCUT2D eigenvalue weighted by Gasteiger charge is 2.33. The lowest BCUT2D eigenvalue weighted by Gasteiger charge is -2.34. The fourth-order valence-electron chi connectivity index (χ4n) is 5.11. The number of ether oxygens (including phenoxy) is 5. The number of rotatable bonds is 14. The van der Waals surface area contributed by atoms with E-state index in [2.05, 4.69) is 68.4 Å². The van der Waals surface area contributed by atoms with Crippen LogP contribution < -0.4 is 0 Å². The van der Waals surface area contributed by atoms with Crippen LogP contribution in [-0.4, -0.2) is 35.5 Å². The van der Waals surface area contributed by atoms with E-state index in [1.54, 1.807) is 35.5 Å². The molecule has 0 amide bonds. The van der Waals surface area contributed by atoms with Crippen molar-refractivity contribution in [2.24, 2.45) is 0 Å². The highest BCUT2D eigenvalue weighted by molar-refractivity contribution is 5.54. The van der Waals surface area contributed by atoms with Crippen LogP contribution in [0.2, 0.25) is 0 Å². The summed E-state index contributed by atoms with van der Waals surface area (Å²) < 4.78 is 27.7. The summed E-state index contributed by atoms with van der Waals surface area (Å²) in [6, 6.07) is 20.2. The zero-order valence-electron chi connectivity index (χ0n) is 23.5. The van der Waals surface area contributed by atoms with Gasteiger partial charge in [0.05, 0.1) is 33.0 Å². The van der Waals surface area contributed by atoms with Crippen LogP contribution in [0.25, 0.3) is 0 Å². The van der Waals surface area contributed by atoms with Gasteiger partial charge in [0.1, 0.15) is 0 Å². The Hall–Kier alpha value is -2.54. The van der Waals surface area contributed by atoms with Gasteiger partial charge in [-0.15, -0.1) is 0 Å². The van der Waals surface area contributed by atoms with Gasteiger partial charge in [0.2, 0.25) is 0 Å². The van der Waals surface area contributed by atoms with Crippen molar-refractivity contribution in [3.8, 4) is 0 Å². The van der Waals surface area contributed by atoms with Crippen LogP contribution in [0.5, 0.6) is 0 Å². The monoisotopic (exact) mass is 506 g/mol. The molecular formula is C32H42O5. The van der Waals surface area contributed by atoms with Crippen molar-refractivity contribution in [1.82, 2.24) is 0 Å². The molecule has 37 heavy (non-hydrogen) atoms. The van der Waals surface area contributed by atoms with Gasteiger partial charge in [-0.3, -0.25) is 0 Å². The minimum Gasteiger partial charge on any atom is -0.380 e. The van der Waals surface area contributed by atoms with Crippen molar-refractivity contribution in [2.45, 2.75) is 58.7 Å². The summed E-state index contributed by atoms with van der Waals surface area (Å²) in [5, 5.41) is 0. The summed E-state index contributed by atoms with van der Waals surface area (Å²) >= 11 is 0. The van der Waals surface area contributed by atoms with Crippen LogP contribution in [0.3, 0.4) is 0 Å². The van der Waals surface area contributed by atoms with Crippen LogP contribution in [0.4, 0.5) is 0 Å². The van der Waals surface area contributed by atoms with Crippen LogP contribution in [0.1, 0.15) is 63.9 Å². The first-order valence-corrected chi connectivity index (χ1v) is 12.8. The third-order valence-corrected chi connectivity index (χ3v) is 6.85. The molecule has 5 heteroatoms. The molecule has 0 aromatic heterocycles. The standard InChI is InChI=1S/C32H42O5/c1-8-23-9-24(18-33-3)13-29(12-23)32(2,30-14-25(19-34-4)10-26(15-30)20-35-5)31-16-27(21-36-6)11-28(17-31)22-37-7/h9-17H,8,18-22H2,1-7H3. The van der Waals surface area contributed by atoms with E-state index in [1.165, 1.54) is 27.8 Å². The molecule has 3 aromatic carbocycles. The normalized spacial score (nSPS) is 11.8. The molecule has 0 N–H and O–H groups in total. The number of methoxy groups -OCH3 is 5. The SMILES string of the molecule is CCc1cc(COC)cc(C(C)(c2cc(COC)cc(COC)c2)c2cc(COC)cc(COC)c2)c1. The summed E-state index contributed by atoms with van der Waals surface area (Å²) in [5.41, 5.74) is 10.0. The fourth-order valence-corrected chi connectivity index (χ4v) is 5.11. The number of hydrogen-bond donors (Lipinski definition) is 0. The van der Waals surface area contributed by atoms with Crippen molar-refractivity contribution in [3.05, 3.63) is 105 Å². The lowest BCUT2D eigenvalue weighted by Crippen LogP contribution is -2.27. The molecule has 0 aliphatic carbocycles. The molecule has 0 saturated carbocycles. The summed E-state index contributed by atoms with van der Waals surface area (Å²) in [6.45, 7) is 7.19. The zero-order valence-corrected chi connectivity index (χ0v) is 23.5. The minimum atomic E-state index is -0.466. The molecule has 0 spiro atoms. The van der Waals surface area contributed by atoms with Gasteiger partial charge in [-0.2, -0.15) is 0 Å². The van der Waals surface area contributed by atoms with Gasteiger partial charge in [-0.1, -0.05) is 61.5 Å². The van der Waals surface area contributed by atoms with Crippen molar-refractivity contribution in [2.75, 3.05) is 35.5 Å². The summed E-state index contributed by atoms with van der Waals surface area (Å²) in [7, 11) is 8.67. The molecule has 3 aromatic rings. The lowest BCUT2D eigenvalue weighted by atomic mass is 9.69. The first kappa shape index (κ1) is 29.0. The van der Waals surface area contributed by atoms with E-state index in [1.807, 2.05) is 0 Å².